The molecule has 0 saturated carbocycles. The summed E-state index contributed by atoms with van der Waals surface area (Å²) in [7, 11) is -2.51. The average molecular weight is 202 g/mol. The number of aliphatic hydroxyl groups excluding tert-OH is 2. The fourth-order valence-electron chi connectivity index (χ4n) is 1.75. The Morgan fingerprint density at radius 3 is 2.54 bits per heavy atom. The number of hydrogen-bond donors (Lipinski definition) is 3. The van der Waals surface area contributed by atoms with Gasteiger partial charge in [0.2, 0.25) is 8.32 Å². The normalized spacial score (nSPS) is 43.9. The lowest BCUT2D eigenvalue weighted by Gasteiger charge is -2.28. The van der Waals surface area contributed by atoms with Crippen LogP contribution in [0.15, 0.2) is 11.3 Å². The second-order valence-electron chi connectivity index (χ2n) is 4.18. The molecular formula is C8H14O4Si. The summed E-state index contributed by atoms with van der Waals surface area (Å²) in [5, 5.41) is 19.7. The molecule has 4 atom stereocenters. The Morgan fingerprint density at radius 2 is 2.00 bits per heavy atom. The molecule has 1 heterocycles. The zero-order valence-electron chi connectivity index (χ0n) is 7.64. The summed E-state index contributed by atoms with van der Waals surface area (Å²) in [4.78, 5) is 9.81. The topological polar surface area (TPSA) is 73.2 Å². The van der Waals surface area contributed by atoms with Gasteiger partial charge in [-0.15, -0.1) is 0 Å². The van der Waals surface area contributed by atoms with Gasteiger partial charge >= 0.3 is 0 Å². The number of epoxide rings is 1. The lowest BCUT2D eigenvalue weighted by atomic mass is 10.0. The van der Waals surface area contributed by atoms with Crippen LogP contribution < -0.4 is 0 Å². The van der Waals surface area contributed by atoms with Crippen molar-refractivity contribution in [3.8, 4) is 0 Å². The van der Waals surface area contributed by atoms with Crippen molar-refractivity contribution in [2.45, 2.75) is 37.5 Å². The van der Waals surface area contributed by atoms with E-state index in [4.69, 9.17) is 4.74 Å². The third-order valence-corrected chi connectivity index (χ3v) is 4.47. The van der Waals surface area contributed by atoms with E-state index in [2.05, 4.69) is 0 Å². The maximum Gasteiger partial charge on any atom is 0.212 e. The van der Waals surface area contributed by atoms with E-state index >= 15 is 0 Å². The van der Waals surface area contributed by atoms with Crippen molar-refractivity contribution < 1.29 is 19.7 Å². The summed E-state index contributed by atoms with van der Waals surface area (Å²) in [6, 6.07) is 0. The SMILES string of the molecule is C[Si](C)(O)C1=CC2OC2[C@H](O)[C@@H]1O. The molecule has 2 aliphatic rings. The number of fused-ring (bicyclic) bond motifs is 1. The largest absolute Gasteiger partial charge is 0.428 e. The number of hydrogen-bond acceptors (Lipinski definition) is 4. The molecule has 0 amide bonds. The first-order chi connectivity index (χ1) is 5.91. The van der Waals surface area contributed by atoms with Crippen LogP contribution in [-0.2, 0) is 4.74 Å². The Hall–Kier alpha value is -0.203. The smallest absolute Gasteiger partial charge is 0.212 e. The van der Waals surface area contributed by atoms with Gasteiger partial charge in [-0.3, -0.25) is 0 Å². The lowest BCUT2D eigenvalue weighted by Crippen LogP contribution is -2.46. The van der Waals surface area contributed by atoms with Crippen LogP contribution in [0.4, 0.5) is 0 Å². The number of rotatable bonds is 1. The standard InChI is InChI=1S/C8H14O4Si/c1-13(2,11)5-3-4-8(12-4)7(10)6(5)9/h3-4,6-11H,1-2H3/t4?,6-,7-,8?/m1/s1. The van der Waals surface area contributed by atoms with Gasteiger partial charge in [0, 0.05) is 0 Å². The van der Waals surface area contributed by atoms with Crippen LogP contribution in [0.1, 0.15) is 0 Å². The second-order valence-corrected chi connectivity index (χ2v) is 7.88. The van der Waals surface area contributed by atoms with E-state index in [0.717, 1.165) is 0 Å². The van der Waals surface area contributed by atoms with Crippen LogP contribution in [-0.4, -0.2) is 47.7 Å². The fourth-order valence-corrected chi connectivity index (χ4v) is 3.22. The molecule has 2 rings (SSSR count). The van der Waals surface area contributed by atoms with Crippen LogP contribution in [0.3, 0.4) is 0 Å². The molecule has 1 aliphatic heterocycles. The zero-order valence-corrected chi connectivity index (χ0v) is 8.64. The first kappa shape index (κ1) is 9.36. The van der Waals surface area contributed by atoms with Gasteiger partial charge in [-0.05, 0) is 18.3 Å². The van der Waals surface area contributed by atoms with Gasteiger partial charge in [0.05, 0.1) is 0 Å². The molecule has 1 saturated heterocycles. The molecule has 0 aromatic heterocycles. The predicted octanol–water partition coefficient (Wildman–Crippen LogP) is -0.848. The van der Waals surface area contributed by atoms with Crippen LogP contribution in [0.5, 0.6) is 0 Å². The van der Waals surface area contributed by atoms with Crippen LogP contribution >= 0.6 is 0 Å². The minimum Gasteiger partial charge on any atom is -0.428 e. The second kappa shape index (κ2) is 2.65. The molecular weight excluding hydrogens is 188 g/mol. The minimum atomic E-state index is -2.51. The molecule has 0 radical (unpaired) electrons. The first-order valence-corrected chi connectivity index (χ1v) is 7.32. The first-order valence-electron chi connectivity index (χ1n) is 4.37. The summed E-state index contributed by atoms with van der Waals surface area (Å²) in [6.45, 7) is 3.44. The zero-order chi connectivity index (χ0) is 9.80. The van der Waals surface area contributed by atoms with Crippen LogP contribution in [0.25, 0.3) is 0 Å². The van der Waals surface area contributed by atoms with Gasteiger partial charge in [-0.1, -0.05) is 6.08 Å². The molecule has 13 heavy (non-hydrogen) atoms. The van der Waals surface area contributed by atoms with Gasteiger partial charge in [-0.2, -0.15) is 0 Å². The molecule has 0 spiro atoms. The summed E-state index contributed by atoms with van der Waals surface area (Å²) in [6.07, 6.45) is -0.407. The van der Waals surface area contributed by atoms with E-state index in [1.54, 1.807) is 19.2 Å². The Labute approximate surface area is 77.6 Å². The lowest BCUT2D eigenvalue weighted by molar-refractivity contribution is 0.0248. The van der Waals surface area contributed by atoms with E-state index in [1.165, 1.54) is 0 Å². The van der Waals surface area contributed by atoms with Gasteiger partial charge in [0.1, 0.15) is 24.4 Å². The molecule has 0 aromatic rings. The number of aliphatic hydroxyl groups is 2. The van der Waals surface area contributed by atoms with E-state index < -0.39 is 20.5 Å². The molecule has 5 heteroatoms. The maximum absolute atomic E-state index is 9.81. The molecule has 2 unspecified atom stereocenters. The number of ether oxygens (including phenoxy) is 1. The van der Waals surface area contributed by atoms with Crippen molar-refractivity contribution >= 4 is 8.32 Å². The van der Waals surface area contributed by atoms with Crippen molar-refractivity contribution in [1.29, 1.82) is 0 Å². The molecule has 74 valence electrons. The third kappa shape index (κ3) is 1.47. The summed E-state index contributed by atoms with van der Waals surface area (Å²) in [5.74, 6) is 0. The van der Waals surface area contributed by atoms with Crippen molar-refractivity contribution in [2.75, 3.05) is 0 Å². The van der Waals surface area contributed by atoms with Crippen molar-refractivity contribution in [3.05, 3.63) is 11.3 Å². The summed E-state index contributed by atoms with van der Waals surface area (Å²) < 4.78 is 5.11. The maximum atomic E-state index is 9.81. The Bertz CT molecular complexity index is 257. The van der Waals surface area contributed by atoms with Crippen molar-refractivity contribution in [2.24, 2.45) is 0 Å². The molecule has 4 nitrogen and oxygen atoms in total. The van der Waals surface area contributed by atoms with Crippen LogP contribution in [0.2, 0.25) is 13.1 Å². The van der Waals surface area contributed by atoms with Gasteiger partial charge < -0.3 is 19.7 Å². The molecule has 1 fully saturated rings. The highest BCUT2D eigenvalue weighted by atomic mass is 28.4. The Morgan fingerprint density at radius 1 is 1.38 bits per heavy atom. The summed E-state index contributed by atoms with van der Waals surface area (Å²) >= 11 is 0. The quantitative estimate of drug-likeness (QED) is 0.382. The third-order valence-electron chi connectivity index (χ3n) is 2.59. The Kier molecular flexibility index (Phi) is 1.90. The molecule has 1 aliphatic carbocycles. The fraction of sp³-hybridized carbons (Fsp3) is 0.750. The molecule has 0 aromatic carbocycles. The Balaban J connectivity index is 2.27. The average Bonchev–Trinajstić information content (AvgIpc) is 2.73. The van der Waals surface area contributed by atoms with Crippen molar-refractivity contribution in [3.63, 3.8) is 0 Å². The monoisotopic (exact) mass is 202 g/mol. The summed E-state index contributed by atoms with van der Waals surface area (Å²) in [5.41, 5.74) is 0. The highest BCUT2D eigenvalue weighted by Gasteiger charge is 2.52. The minimum absolute atomic E-state index is 0.0904. The highest BCUT2D eigenvalue weighted by Crippen LogP contribution is 2.37. The molecule has 3 N–H and O–H groups in total. The van der Waals surface area contributed by atoms with E-state index in [-0.39, 0.29) is 12.2 Å². The van der Waals surface area contributed by atoms with Gasteiger partial charge in [0.15, 0.2) is 0 Å². The van der Waals surface area contributed by atoms with Gasteiger partial charge in [0.25, 0.3) is 0 Å². The van der Waals surface area contributed by atoms with E-state index in [1.807, 2.05) is 0 Å². The molecule has 0 bridgehead atoms. The predicted molar refractivity (Wildman–Crippen MR) is 48.5 cm³/mol. The van der Waals surface area contributed by atoms with Gasteiger partial charge in [-0.25, -0.2) is 0 Å². The van der Waals surface area contributed by atoms with E-state index in [0.29, 0.717) is 5.20 Å². The van der Waals surface area contributed by atoms with Crippen LogP contribution in [0, 0.1) is 0 Å². The van der Waals surface area contributed by atoms with Crippen molar-refractivity contribution in [1.82, 2.24) is 0 Å². The highest BCUT2D eigenvalue weighted by molar-refractivity contribution is 6.77. The van der Waals surface area contributed by atoms with E-state index in [9.17, 15) is 15.0 Å².